The van der Waals surface area contributed by atoms with Gasteiger partial charge in [0.2, 0.25) is 11.8 Å². The van der Waals surface area contributed by atoms with Gasteiger partial charge < -0.3 is 15.0 Å². The van der Waals surface area contributed by atoms with E-state index in [-0.39, 0.29) is 17.8 Å². The first-order chi connectivity index (χ1) is 15.7. The van der Waals surface area contributed by atoms with E-state index in [1.165, 1.54) is 0 Å². The fourth-order valence-electron chi connectivity index (χ4n) is 4.23. The third-order valence-electron chi connectivity index (χ3n) is 5.93. The lowest BCUT2D eigenvalue weighted by molar-refractivity contribution is 0.347. The summed E-state index contributed by atoms with van der Waals surface area (Å²) < 4.78 is 9.86. The summed E-state index contributed by atoms with van der Waals surface area (Å²) in [5.41, 5.74) is 11.1. The highest BCUT2D eigenvalue weighted by molar-refractivity contribution is 5.71. The van der Waals surface area contributed by atoms with Crippen LogP contribution in [0.2, 0.25) is 0 Å². The summed E-state index contributed by atoms with van der Waals surface area (Å²) in [7, 11) is 0. The van der Waals surface area contributed by atoms with Crippen molar-refractivity contribution in [3.63, 3.8) is 0 Å². The van der Waals surface area contributed by atoms with Gasteiger partial charge in [0.1, 0.15) is 17.3 Å². The average molecular weight is 421 g/mol. The molecule has 6 rings (SSSR count). The SMILES string of the molecule is N#CC1=C(N)Oc2c(c(-c3cccnc3)nn2C2CC2)C1c1ccc(-n2ccnc2)cc1. The molecule has 32 heavy (non-hydrogen) atoms. The molecular formula is C24H19N7O. The molecule has 156 valence electrons. The molecule has 8 nitrogen and oxygen atoms in total. The molecule has 1 atom stereocenters. The number of fused-ring (bicyclic) bond motifs is 1. The highest BCUT2D eigenvalue weighted by atomic mass is 16.5. The van der Waals surface area contributed by atoms with Gasteiger partial charge in [-0.05, 0) is 42.7 Å². The first-order valence-corrected chi connectivity index (χ1v) is 10.4. The van der Waals surface area contributed by atoms with Crippen molar-refractivity contribution in [3.8, 4) is 28.9 Å². The van der Waals surface area contributed by atoms with Crippen molar-refractivity contribution in [2.75, 3.05) is 0 Å². The molecule has 1 aliphatic heterocycles. The molecule has 0 saturated heterocycles. The van der Waals surface area contributed by atoms with E-state index in [0.29, 0.717) is 11.5 Å². The maximum atomic E-state index is 9.99. The number of ether oxygens (including phenoxy) is 1. The molecule has 2 N–H and O–H groups in total. The first-order valence-electron chi connectivity index (χ1n) is 10.4. The number of allylic oxidation sites excluding steroid dienone is 1. The van der Waals surface area contributed by atoms with Gasteiger partial charge in [-0.2, -0.15) is 10.4 Å². The highest BCUT2D eigenvalue weighted by Crippen LogP contribution is 2.50. The number of rotatable bonds is 4. The number of pyridine rings is 1. The van der Waals surface area contributed by atoms with Crippen LogP contribution in [0.15, 0.2) is 79.0 Å². The molecule has 3 aromatic heterocycles. The Hall–Kier alpha value is -4.38. The fraction of sp³-hybridized carbons (Fsp3) is 0.167. The van der Waals surface area contributed by atoms with Crippen molar-refractivity contribution in [3.05, 3.63) is 90.1 Å². The second-order valence-electron chi connectivity index (χ2n) is 7.97. The molecule has 0 spiro atoms. The first kappa shape index (κ1) is 18.4. The number of nitrogens with zero attached hydrogens (tertiary/aromatic N) is 6. The second-order valence-corrected chi connectivity index (χ2v) is 7.97. The fourth-order valence-corrected chi connectivity index (χ4v) is 4.23. The number of benzene rings is 1. The van der Waals surface area contributed by atoms with Gasteiger partial charge in [-0.1, -0.05) is 12.1 Å². The van der Waals surface area contributed by atoms with E-state index in [1.54, 1.807) is 24.9 Å². The van der Waals surface area contributed by atoms with Crippen LogP contribution in [-0.2, 0) is 0 Å². The van der Waals surface area contributed by atoms with Crippen LogP contribution in [0.1, 0.15) is 35.9 Å². The molecule has 0 amide bonds. The maximum absolute atomic E-state index is 9.99. The Labute approximate surface area is 184 Å². The lowest BCUT2D eigenvalue weighted by Crippen LogP contribution is -2.22. The van der Waals surface area contributed by atoms with Crippen molar-refractivity contribution < 1.29 is 4.74 Å². The van der Waals surface area contributed by atoms with Crippen LogP contribution in [0, 0.1) is 11.3 Å². The molecule has 4 heterocycles. The Balaban J connectivity index is 1.55. The molecule has 4 aromatic rings. The van der Waals surface area contributed by atoms with Gasteiger partial charge in [-0.15, -0.1) is 0 Å². The molecule has 0 bridgehead atoms. The van der Waals surface area contributed by atoms with Crippen molar-refractivity contribution in [2.45, 2.75) is 24.8 Å². The summed E-state index contributed by atoms with van der Waals surface area (Å²) in [5.74, 6) is 0.359. The summed E-state index contributed by atoms with van der Waals surface area (Å²) in [6.45, 7) is 0. The van der Waals surface area contributed by atoms with E-state index in [9.17, 15) is 5.26 Å². The largest absolute Gasteiger partial charge is 0.422 e. The van der Waals surface area contributed by atoms with E-state index in [0.717, 1.165) is 40.9 Å². The van der Waals surface area contributed by atoms with Gasteiger partial charge in [0.15, 0.2) is 0 Å². The number of hydrogen-bond acceptors (Lipinski definition) is 6. The van der Waals surface area contributed by atoms with Crippen LogP contribution in [0.4, 0.5) is 0 Å². The number of nitriles is 1. The number of hydrogen-bond donors (Lipinski definition) is 1. The molecule has 1 unspecified atom stereocenters. The molecule has 1 saturated carbocycles. The quantitative estimate of drug-likeness (QED) is 0.539. The smallest absolute Gasteiger partial charge is 0.224 e. The summed E-state index contributed by atoms with van der Waals surface area (Å²) in [4.78, 5) is 8.38. The van der Waals surface area contributed by atoms with Crippen LogP contribution >= 0.6 is 0 Å². The van der Waals surface area contributed by atoms with Crippen LogP contribution in [-0.4, -0.2) is 24.3 Å². The van der Waals surface area contributed by atoms with Crippen LogP contribution in [0.25, 0.3) is 16.9 Å². The number of imidazole rings is 1. The van der Waals surface area contributed by atoms with Crippen LogP contribution in [0.5, 0.6) is 5.88 Å². The Kier molecular flexibility index (Phi) is 4.08. The van der Waals surface area contributed by atoms with E-state index >= 15 is 0 Å². The third kappa shape index (κ3) is 2.87. The van der Waals surface area contributed by atoms with Crippen molar-refractivity contribution in [2.24, 2.45) is 5.73 Å². The number of nitrogens with two attached hydrogens (primary N) is 1. The van der Waals surface area contributed by atoms with E-state index in [1.807, 2.05) is 51.8 Å². The Morgan fingerprint density at radius 3 is 2.59 bits per heavy atom. The summed E-state index contributed by atoms with van der Waals surface area (Å²) >= 11 is 0. The maximum Gasteiger partial charge on any atom is 0.224 e. The Bertz CT molecular complexity index is 1360. The molecule has 1 aromatic carbocycles. The predicted octanol–water partition coefficient (Wildman–Crippen LogP) is 3.68. The van der Waals surface area contributed by atoms with Crippen molar-refractivity contribution in [1.29, 1.82) is 5.26 Å². The zero-order valence-corrected chi connectivity index (χ0v) is 17.1. The van der Waals surface area contributed by atoms with E-state index in [4.69, 9.17) is 15.6 Å². The number of aromatic nitrogens is 5. The van der Waals surface area contributed by atoms with E-state index in [2.05, 4.69) is 16.0 Å². The molecular weight excluding hydrogens is 402 g/mol. The molecule has 1 aliphatic carbocycles. The molecule has 2 aliphatic rings. The minimum absolute atomic E-state index is 0.128. The zero-order valence-electron chi connectivity index (χ0n) is 17.1. The summed E-state index contributed by atoms with van der Waals surface area (Å²) in [6, 6.07) is 14.5. The minimum Gasteiger partial charge on any atom is -0.422 e. The molecule has 1 fully saturated rings. The minimum atomic E-state index is -0.386. The van der Waals surface area contributed by atoms with Gasteiger partial charge >= 0.3 is 0 Å². The summed E-state index contributed by atoms with van der Waals surface area (Å²) in [5, 5.41) is 14.9. The predicted molar refractivity (Wildman–Crippen MR) is 117 cm³/mol. The van der Waals surface area contributed by atoms with Crippen LogP contribution in [0.3, 0.4) is 0 Å². The lowest BCUT2D eigenvalue weighted by Gasteiger charge is -2.25. The molecule has 8 heteroatoms. The normalized spacial score (nSPS) is 17.5. The third-order valence-corrected chi connectivity index (χ3v) is 5.93. The standard InChI is InChI=1S/C24H19N7O/c25-12-19-20(15-3-5-17(6-4-15)30-11-10-28-14-30)21-22(16-2-1-9-27-13-16)29-31(18-7-8-18)24(21)32-23(19)26/h1-6,9-11,13-14,18,20H,7-8,26H2. The Morgan fingerprint density at radius 1 is 1.09 bits per heavy atom. The monoisotopic (exact) mass is 421 g/mol. The van der Waals surface area contributed by atoms with Gasteiger partial charge in [-0.3, -0.25) is 4.98 Å². The van der Waals surface area contributed by atoms with E-state index < -0.39 is 0 Å². The average Bonchev–Trinajstić information content (AvgIpc) is 3.39. The zero-order chi connectivity index (χ0) is 21.7. The summed E-state index contributed by atoms with van der Waals surface area (Å²) in [6.07, 6.45) is 11.0. The highest BCUT2D eigenvalue weighted by Gasteiger charge is 2.40. The lowest BCUT2D eigenvalue weighted by atomic mass is 9.83. The van der Waals surface area contributed by atoms with Gasteiger partial charge in [0.25, 0.3) is 0 Å². The van der Waals surface area contributed by atoms with Gasteiger partial charge in [0.05, 0.1) is 23.9 Å². The second kappa shape index (κ2) is 7.10. The van der Waals surface area contributed by atoms with Crippen molar-refractivity contribution >= 4 is 0 Å². The van der Waals surface area contributed by atoms with Gasteiger partial charge in [0, 0.05) is 36.0 Å². The van der Waals surface area contributed by atoms with Crippen LogP contribution < -0.4 is 10.5 Å². The molecule has 0 radical (unpaired) electrons. The van der Waals surface area contributed by atoms with Gasteiger partial charge in [-0.25, -0.2) is 9.67 Å². The van der Waals surface area contributed by atoms with Crippen molar-refractivity contribution in [1.82, 2.24) is 24.3 Å². The topological polar surface area (TPSA) is 108 Å². The Morgan fingerprint density at radius 2 is 1.94 bits per heavy atom.